The Morgan fingerprint density at radius 2 is 2.15 bits per heavy atom. The molecule has 2 N–H and O–H groups in total. The Bertz CT molecular complexity index is 725. The Morgan fingerprint density at radius 1 is 1.45 bits per heavy atom. The topological polar surface area (TPSA) is 66.4 Å². The summed E-state index contributed by atoms with van der Waals surface area (Å²) < 4.78 is 40.9. The smallest absolute Gasteiger partial charge is 0.250 e. The fourth-order valence-electron chi connectivity index (χ4n) is 1.84. The molecule has 2 rings (SSSR count). The number of hydrogen-bond acceptors (Lipinski definition) is 4. The van der Waals surface area contributed by atoms with Crippen molar-refractivity contribution in [2.75, 3.05) is 6.54 Å². The maximum atomic E-state index is 13.2. The Morgan fingerprint density at radius 3 is 2.80 bits per heavy atom. The highest BCUT2D eigenvalue weighted by atomic mass is 32.2. The van der Waals surface area contributed by atoms with Crippen LogP contribution in [0.25, 0.3) is 10.1 Å². The highest BCUT2D eigenvalue weighted by Crippen LogP contribution is 2.34. The summed E-state index contributed by atoms with van der Waals surface area (Å²) >= 11 is 1.10. The second-order valence-corrected chi connectivity index (χ2v) is 7.58. The molecule has 0 bridgehead atoms. The molecule has 0 aliphatic carbocycles. The number of thiophene rings is 1. The van der Waals surface area contributed by atoms with Gasteiger partial charge < -0.3 is 5.11 Å². The van der Waals surface area contributed by atoms with Crippen LogP contribution in [0.5, 0.6) is 0 Å². The van der Waals surface area contributed by atoms with Crippen molar-refractivity contribution in [3.8, 4) is 0 Å². The molecule has 0 aliphatic heterocycles. The van der Waals surface area contributed by atoms with Crippen molar-refractivity contribution < 1.29 is 17.9 Å². The highest BCUT2D eigenvalue weighted by Gasteiger charge is 2.22. The van der Waals surface area contributed by atoms with E-state index in [0.29, 0.717) is 17.4 Å². The molecule has 0 saturated heterocycles. The molecule has 1 atom stereocenters. The number of hydrogen-bond donors (Lipinski definition) is 2. The van der Waals surface area contributed by atoms with Crippen LogP contribution in [0.15, 0.2) is 22.4 Å². The van der Waals surface area contributed by atoms with Gasteiger partial charge in [0, 0.05) is 11.2 Å². The number of halogens is 1. The van der Waals surface area contributed by atoms with Crippen molar-refractivity contribution in [1.82, 2.24) is 4.72 Å². The van der Waals surface area contributed by atoms with E-state index in [1.807, 2.05) is 0 Å². The number of benzene rings is 1. The molecule has 0 aliphatic rings. The van der Waals surface area contributed by atoms with Crippen LogP contribution in [-0.2, 0) is 10.0 Å². The summed E-state index contributed by atoms with van der Waals surface area (Å²) in [4.78, 5) is 0. The number of aliphatic hydroxyl groups excluding tert-OH is 1. The van der Waals surface area contributed by atoms with E-state index in [0.717, 1.165) is 16.0 Å². The first-order valence-corrected chi connectivity index (χ1v) is 8.51. The van der Waals surface area contributed by atoms with Crippen molar-refractivity contribution in [1.29, 1.82) is 0 Å². The molecular formula is C13H16FNO3S2. The van der Waals surface area contributed by atoms with Crippen molar-refractivity contribution in [2.24, 2.45) is 0 Å². The fourth-order valence-corrected chi connectivity index (χ4v) is 4.70. The maximum absolute atomic E-state index is 13.2. The van der Waals surface area contributed by atoms with Gasteiger partial charge in [-0.1, -0.05) is 6.92 Å². The lowest BCUT2D eigenvalue weighted by molar-refractivity contribution is 0.174. The van der Waals surface area contributed by atoms with Gasteiger partial charge in [0.1, 0.15) is 10.0 Å². The van der Waals surface area contributed by atoms with E-state index in [1.54, 1.807) is 19.9 Å². The summed E-state index contributed by atoms with van der Waals surface area (Å²) in [6, 6.07) is 4.21. The SMILES string of the molecule is CCC(O)CNS(=O)(=O)c1sc2ccc(F)cc2c1C. The number of sulfonamides is 1. The lowest BCUT2D eigenvalue weighted by Crippen LogP contribution is -2.31. The number of rotatable bonds is 5. The number of aryl methyl sites for hydroxylation is 1. The van der Waals surface area contributed by atoms with Crippen LogP contribution in [-0.4, -0.2) is 26.2 Å². The molecule has 7 heteroatoms. The molecule has 0 spiro atoms. The molecule has 0 fully saturated rings. The largest absolute Gasteiger partial charge is 0.392 e. The first kappa shape index (κ1) is 15.4. The van der Waals surface area contributed by atoms with Gasteiger partial charge in [-0.2, -0.15) is 0 Å². The molecule has 0 radical (unpaired) electrons. The fraction of sp³-hybridized carbons (Fsp3) is 0.385. The maximum Gasteiger partial charge on any atom is 0.250 e. The predicted molar refractivity (Wildman–Crippen MR) is 78.0 cm³/mol. The second-order valence-electron chi connectivity index (χ2n) is 4.57. The molecule has 0 saturated carbocycles. The minimum Gasteiger partial charge on any atom is -0.392 e. The Labute approximate surface area is 121 Å². The van der Waals surface area contributed by atoms with Crippen molar-refractivity contribution >= 4 is 31.4 Å². The van der Waals surface area contributed by atoms with E-state index in [-0.39, 0.29) is 10.8 Å². The second kappa shape index (κ2) is 5.77. The third kappa shape index (κ3) is 3.01. The van der Waals surface area contributed by atoms with E-state index < -0.39 is 21.9 Å². The van der Waals surface area contributed by atoms with Gasteiger partial charge in [0.25, 0.3) is 0 Å². The van der Waals surface area contributed by atoms with E-state index in [4.69, 9.17) is 0 Å². The third-order valence-corrected chi connectivity index (χ3v) is 6.40. The Hall–Kier alpha value is -1.02. The Kier molecular flexibility index (Phi) is 4.43. The van der Waals surface area contributed by atoms with Gasteiger partial charge in [-0.3, -0.25) is 0 Å². The van der Waals surface area contributed by atoms with Crippen molar-refractivity contribution in [3.63, 3.8) is 0 Å². The summed E-state index contributed by atoms with van der Waals surface area (Å²) in [5, 5.41) is 10.0. The van der Waals surface area contributed by atoms with E-state index >= 15 is 0 Å². The predicted octanol–water partition coefficient (Wildman–Crippen LogP) is 2.40. The summed E-state index contributed by atoms with van der Waals surface area (Å²) in [6.45, 7) is 3.40. The quantitative estimate of drug-likeness (QED) is 0.890. The standard InChI is InChI=1S/C13H16FNO3S2/c1-3-10(16)7-15-20(17,18)13-8(2)11-6-9(14)4-5-12(11)19-13/h4-6,10,15-16H,3,7H2,1-2H3. The minimum atomic E-state index is -3.68. The van der Waals surface area contributed by atoms with Gasteiger partial charge in [-0.05, 0) is 42.5 Å². The van der Waals surface area contributed by atoms with Crippen LogP contribution in [0.2, 0.25) is 0 Å². The molecule has 1 aromatic heterocycles. The molecule has 20 heavy (non-hydrogen) atoms. The zero-order valence-corrected chi connectivity index (χ0v) is 12.8. The molecule has 2 aromatic rings. The van der Waals surface area contributed by atoms with Gasteiger partial charge in [-0.25, -0.2) is 17.5 Å². The monoisotopic (exact) mass is 317 g/mol. The van der Waals surface area contributed by atoms with Gasteiger partial charge in [-0.15, -0.1) is 11.3 Å². The molecule has 0 amide bonds. The van der Waals surface area contributed by atoms with Gasteiger partial charge >= 0.3 is 0 Å². The summed E-state index contributed by atoms with van der Waals surface area (Å²) in [7, 11) is -3.68. The van der Waals surface area contributed by atoms with E-state index in [1.165, 1.54) is 12.1 Å². The minimum absolute atomic E-state index is 0.0269. The first-order valence-electron chi connectivity index (χ1n) is 6.21. The average molecular weight is 317 g/mol. The van der Waals surface area contributed by atoms with E-state index in [2.05, 4.69) is 4.72 Å². The van der Waals surface area contributed by atoms with Crippen molar-refractivity contribution in [3.05, 3.63) is 29.6 Å². The van der Waals surface area contributed by atoms with Gasteiger partial charge in [0.15, 0.2) is 0 Å². The molecule has 1 unspecified atom stereocenters. The van der Waals surface area contributed by atoms with Crippen LogP contribution < -0.4 is 4.72 Å². The average Bonchev–Trinajstić information content (AvgIpc) is 2.74. The van der Waals surface area contributed by atoms with Crippen LogP contribution in [0, 0.1) is 12.7 Å². The lowest BCUT2D eigenvalue weighted by atomic mass is 10.2. The Balaban J connectivity index is 2.39. The normalized spacial score (nSPS) is 13.8. The van der Waals surface area contributed by atoms with Crippen LogP contribution in [0.1, 0.15) is 18.9 Å². The van der Waals surface area contributed by atoms with Crippen molar-refractivity contribution in [2.45, 2.75) is 30.6 Å². The van der Waals surface area contributed by atoms with Crippen LogP contribution >= 0.6 is 11.3 Å². The molecule has 1 aromatic carbocycles. The zero-order valence-electron chi connectivity index (χ0n) is 11.2. The van der Waals surface area contributed by atoms with Crippen LogP contribution in [0.3, 0.4) is 0 Å². The molecule has 110 valence electrons. The van der Waals surface area contributed by atoms with Gasteiger partial charge in [0.05, 0.1) is 6.10 Å². The summed E-state index contributed by atoms with van der Waals surface area (Å²) in [5.41, 5.74) is 0.531. The van der Waals surface area contributed by atoms with E-state index in [9.17, 15) is 17.9 Å². The summed E-state index contributed by atoms with van der Waals surface area (Å²) in [5.74, 6) is -0.392. The lowest BCUT2D eigenvalue weighted by Gasteiger charge is -2.09. The highest BCUT2D eigenvalue weighted by molar-refractivity contribution is 7.91. The molecular weight excluding hydrogens is 301 g/mol. The number of fused-ring (bicyclic) bond motifs is 1. The zero-order chi connectivity index (χ0) is 14.9. The number of aliphatic hydroxyl groups is 1. The first-order chi connectivity index (χ1) is 9.35. The van der Waals surface area contributed by atoms with Gasteiger partial charge in [0.2, 0.25) is 10.0 Å². The third-order valence-electron chi connectivity index (χ3n) is 3.08. The molecule has 1 heterocycles. The molecule has 4 nitrogen and oxygen atoms in total. The summed E-state index contributed by atoms with van der Waals surface area (Å²) in [6.07, 6.45) is -0.240. The number of nitrogens with one attached hydrogen (secondary N) is 1. The van der Waals surface area contributed by atoms with Crippen LogP contribution in [0.4, 0.5) is 4.39 Å².